The third-order valence-electron chi connectivity index (χ3n) is 4.37. The van der Waals surface area contributed by atoms with Gasteiger partial charge in [-0.3, -0.25) is 4.79 Å². The average molecular weight is 259 g/mol. The highest BCUT2D eigenvalue weighted by atomic mass is 16.1. The molecule has 0 aliphatic heterocycles. The van der Waals surface area contributed by atoms with Gasteiger partial charge in [0.2, 0.25) is 0 Å². The van der Waals surface area contributed by atoms with Crippen LogP contribution in [0.4, 0.5) is 0 Å². The number of aryl methyl sites for hydroxylation is 2. The molecule has 2 heteroatoms. The molecular weight excluding hydrogens is 234 g/mol. The summed E-state index contributed by atoms with van der Waals surface area (Å²) >= 11 is 0. The molecule has 0 amide bonds. The molecule has 2 rings (SSSR count). The van der Waals surface area contributed by atoms with Crippen LogP contribution in [0.3, 0.4) is 0 Å². The van der Waals surface area contributed by atoms with Crippen LogP contribution in [-0.4, -0.2) is 30.3 Å². The predicted octanol–water partition coefficient (Wildman–Crippen LogP) is 3.29. The summed E-state index contributed by atoms with van der Waals surface area (Å²) in [5.74, 6) is 0.444. The number of hydrogen-bond donors (Lipinski definition) is 0. The highest BCUT2D eigenvalue weighted by Gasteiger charge is 2.21. The lowest BCUT2D eigenvalue weighted by Gasteiger charge is -2.30. The minimum Gasteiger partial charge on any atom is -0.303 e. The van der Waals surface area contributed by atoms with Crippen molar-refractivity contribution < 1.29 is 4.79 Å². The maximum absolute atomic E-state index is 11.3. The van der Waals surface area contributed by atoms with Crippen LogP contribution in [0, 0.1) is 13.8 Å². The largest absolute Gasteiger partial charge is 0.303 e. The third kappa shape index (κ3) is 3.90. The normalized spacial score (nSPS) is 17.2. The molecule has 0 saturated heterocycles. The molecule has 0 aromatic heterocycles. The second-order valence-electron chi connectivity index (χ2n) is 5.93. The van der Waals surface area contributed by atoms with E-state index < -0.39 is 0 Å². The molecule has 0 N–H and O–H groups in total. The summed E-state index contributed by atoms with van der Waals surface area (Å²) in [4.78, 5) is 13.7. The summed E-state index contributed by atoms with van der Waals surface area (Å²) in [7, 11) is 2.20. The Hall–Kier alpha value is -1.15. The number of rotatable bonds is 4. The molecule has 104 valence electrons. The molecule has 0 heterocycles. The van der Waals surface area contributed by atoms with Crippen molar-refractivity contribution in [1.29, 1.82) is 0 Å². The predicted molar refractivity (Wildman–Crippen MR) is 79.5 cm³/mol. The first-order valence-electron chi connectivity index (χ1n) is 7.34. The fourth-order valence-electron chi connectivity index (χ4n) is 2.97. The van der Waals surface area contributed by atoms with Crippen LogP contribution in [0.1, 0.15) is 42.4 Å². The van der Waals surface area contributed by atoms with Gasteiger partial charge in [-0.1, -0.05) is 23.8 Å². The molecule has 2 nitrogen and oxygen atoms in total. The summed E-state index contributed by atoms with van der Waals surface area (Å²) in [6.45, 7) is 5.42. The number of nitrogens with zero attached hydrogens (tertiary/aromatic N) is 1. The Bertz CT molecular complexity index is 443. The van der Waals surface area contributed by atoms with Crippen molar-refractivity contribution in [3.8, 4) is 0 Å². The van der Waals surface area contributed by atoms with Gasteiger partial charge in [-0.2, -0.15) is 0 Å². The molecule has 0 atom stereocenters. The highest BCUT2D eigenvalue weighted by molar-refractivity contribution is 5.79. The first-order chi connectivity index (χ1) is 9.06. The molecule has 1 aliphatic rings. The Morgan fingerprint density at radius 3 is 2.53 bits per heavy atom. The smallest absolute Gasteiger partial charge is 0.133 e. The van der Waals surface area contributed by atoms with E-state index in [1.165, 1.54) is 16.7 Å². The second-order valence-corrected chi connectivity index (χ2v) is 5.93. The molecule has 1 aromatic rings. The SMILES string of the molecule is Cc1ccc(CCN(C)C2CCC(=O)CC2)c(C)c1. The highest BCUT2D eigenvalue weighted by Crippen LogP contribution is 2.20. The van der Waals surface area contributed by atoms with E-state index in [-0.39, 0.29) is 0 Å². The lowest BCUT2D eigenvalue weighted by Crippen LogP contribution is -2.36. The number of Topliss-reactive ketones (excluding diaryl/α,β-unsaturated/α-hetero) is 1. The van der Waals surface area contributed by atoms with E-state index in [2.05, 4.69) is 44.0 Å². The molecule has 19 heavy (non-hydrogen) atoms. The second kappa shape index (κ2) is 6.33. The summed E-state index contributed by atoms with van der Waals surface area (Å²) in [6.07, 6.45) is 4.74. The van der Waals surface area contributed by atoms with Crippen molar-refractivity contribution in [2.45, 2.75) is 52.0 Å². The van der Waals surface area contributed by atoms with Crippen LogP contribution >= 0.6 is 0 Å². The molecule has 1 saturated carbocycles. The van der Waals surface area contributed by atoms with E-state index in [1.54, 1.807) is 0 Å². The van der Waals surface area contributed by atoms with E-state index in [1.807, 2.05) is 0 Å². The van der Waals surface area contributed by atoms with E-state index in [0.29, 0.717) is 11.8 Å². The number of carbonyl (C=O) groups is 1. The van der Waals surface area contributed by atoms with Gasteiger partial charge < -0.3 is 4.90 Å². The molecule has 1 fully saturated rings. The van der Waals surface area contributed by atoms with Crippen molar-refractivity contribution in [1.82, 2.24) is 4.90 Å². The lowest BCUT2D eigenvalue weighted by molar-refractivity contribution is -0.121. The number of ketones is 1. The number of hydrogen-bond acceptors (Lipinski definition) is 2. The molecular formula is C17H25NO. The van der Waals surface area contributed by atoms with Crippen LogP contribution in [-0.2, 0) is 11.2 Å². The number of likely N-dealkylation sites (N-methyl/N-ethyl adjacent to an activating group) is 1. The van der Waals surface area contributed by atoms with Gasteiger partial charge in [-0.25, -0.2) is 0 Å². The quantitative estimate of drug-likeness (QED) is 0.827. The van der Waals surface area contributed by atoms with E-state index >= 15 is 0 Å². The monoisotopic (exact) mass is 259 g/mol. The zero-order chi connectivity index (χ0) is 13.8. The zero-order valence-electron chi connectivity index (χ0n) is 12.4. The van der Waals surface area contributed by atoms with E-state index in [0.717, 1.165) is 38.6 Å². The van der Waals surface area contributed by atoms with Crippen LogP contribution < -0.4 is 0 Å². The lowest BCUT2D eigenvalue weighted by atomic mass is 9.93. The van der Waals surface area contributed by atoms with Gasteiger partial charge >= 0.3 is 0 Å². The molecule has 0 radical (unpaired) electrons. The van der Waals surface area contributed by atoms with Gasteiger partial charge in [0.05, 0.1) is 0 Å². The van der Waals surface area contributed by atoms with Gasteiger partial charge in [-0.05, 0) is 51.3 Å². The summed E-state index contributed by atoms with van der Waals surface area (Å²) in [6, 6.07) is 7.31. The minimum atomic E-state index is 0.444. The van der Waals surface area contributed by atoms with Gasteiger partial charge in [-0.15, -0.1) is 0 Å². The Labute approximate surface area is 116 Å². The molecule has 1 aliphatic carbocycles. The standard InChI is InChI=1S/C17H25NO/c1-13-4-5-15(14(2)12-13)10-11-18(3)16-6-8-17(19)9-7-16/h4-5,12,16H,6-11H2,1-3H3. The first kappa shape index (κ1) is 14.3. The Morgan fingerprint density at radius 2 is 1.89 bits per heavy atom. The third-order valence-corrected chi connectivity index (χ3v) is 4.37. The summed E-state index contributed by atoms with van der Waals surface area (Å²) in [5, 5.41) is 0. The fraction of sp³-hybridized carbons (Fsp3) is 0.588. The topological polar surface area (TPSA) is 20.3 Å². The van der Waals surface area contributed by atoms with Crippen molar-refractivity contribution >= 4 is 5.78 Å². The number of benzene rings is 1. The Kier molecular flexibility index (Phi) is 4.76. The van der Waals surface area contributed by atoms with Crippen LogP contribution in [0.25, 0.3) is 0 Å². The first-order valence-corrected chi connectivity index (χ1v) is 7.34. The summed E-state index contributed by atoms with van der Waals surface area (Å²) in [5.41, 5.74) is 4.18. The fourth-order valence-corrected chi connectivity index (χ4v) is 2.97. The Morgan fingerprint density at radius 1 is 1.21 bits per heavy atom. The van der Waals surface area contributed by atoms with Crippen LogP contribution in [0.5, 0.6) is 0 Å². The van der Waals surface area contributed by atoms with Crippen molar-refractivity contribution in [2.75, 3.05) is 13.6 Å². The van der Waals surface area contributed by atoms with Gasteiger partial charge in [0.15, 0.2) is 0 Å². The van der Waals surface area contributed by atoms with E-state index in [9.17, 15) is 4.79 Å². The Balaban J connectivity index is 1.86. The molecule has 0 unspecified atom stereocenters. The zero-order valence-corrected chi connectivity index (χ0v) is 12.4. The maximum Gasteiger partial charge on any atom is 0.133 e. The van der Waals surface area contributed by atoms with Crippen molar-refractivity contribution in [3.05, 3.63) is 34.9 Å². The van der Waals surface area contributed by atoms with Crippen molar-refractivity contribution in [2.24, 2.45) is 0 Å². The van der Waals surface area contributed by atoms with E-state index in [4.69, 9.17) is 0 Å². The minimum absolute atomic E-state index is 0.444. The average Bonchev–Trinajstić information content (AvgIpc) is 2.38. The van der Waals surface area contributed by atoms with Gasteiger partial charge in [0.1, 0.15) is 5.78 Å². The maximum atomic E-state index is 11.3. The summed E-state index contributed by atoms with van der Waals surface area (Å²) < 4.78 is 0. The van der Waals surface area contributed by atoms with Crippen molar-refractivity contribution in [3.63, 3.8) is 0 Å². The van der Waals surface area contributed by atoms with Crippen LogP contribution in [0.2, 0.25) is 0 Å². The molecule has 0 spiro atoms. The van der Waals surface area contributed by atoms with Crippen LogP contribution in [0.15, 0.2) is 18.2 Å². The van der Waals surface area contributed by atoms with Gasteiger partial charge in [0, 0.05) is 25.4 Å². The molecule has 0 bridgehead atoms. The molecule has 1 aromatic carbocycles. The van der Waals surface area contributed by atoms with Gasteiger partial charge in [0.25, 0.3) is 0 Å². The number of carbonyl (C=O) groups excluding carboxylic acids is 1.